The van der Waals surface area contributed by atoms with Crippen LogP contribution in [0.4, 0.5) is 0 Å². The molecule has 9 aromatic carbocycles. The van der Waals surface area contributed by atoms with Crippen LogP contribution >= 0.6 is 0 Å². The van der Waals surface area contributed by atoms with E-state index in [1.54, 1.807) is 0 Å². The van der Waals surface area contributed by atoms with Gasteiger partial charge < -0.3 is 9.13 Å². The molecule has 3 aromatic heterocycles. The molecule has 12 aromatic rings. The SMILES string of the molecule is C1=CC(c2nc(-c3ccccc3)nc(-c3ccc4c5ccccc5n(-c5ccccc5)c4c3)n2)CC=C1c1ccc(-n2c3ccc4ccccc4c3c3c4ccccc4ccc32)cc1. The van der Waals surface area contributed by atoms with E-state index in [-0.39, 0.29) is 5.92 Å². The number of para-hydroxylation sites is 2. The van der Waals surface area contributed by atoms with Gasteiger partial charge in [-0.15, -0.1) is 0 Å². The van der Waals surface area contributed by atoms with Gasteiger partial charge >= 0.3 is 0 Å². The summed E-state index contributed by atoms with van der Waals surface area (Å²) in [5.74, 6) is 2.10. The van der Waals surface area contributed by atoms with Crippen LogP contribution in [0.5, 0.6) is 0 Å². The molecule has 0 saturated heterocycles. The summed E-state index contributed by atoms with van der Waals surface area (Å²) in [5.41, 5.74) is 11.3. The molecule has 1 aliphatic rings. The van der Waals surface area contributed by atoms with Crippen molar-refractivity contribution in [2.75, 3.05) is 0 Å². The van der Waals surface area contributed by atoms with E-state index in [4.69, 9.17) is 15.0 Å². The Morgan fingerprint density at radius 1 is 0.391 bits per heavy atom. The summed E-state index contributed by atoms with van der Waals surface area (Å²) in [4.78, 5) is 15.5. The minimum absolute atomic E-state index is 0.00557. The third kappa shape index (κ3) is 5.82. The summed E-state index contributed by atoms with van der Waals surface area (Å²) >= 11 is 0. The van der Waals surface area contributed by atoms with Crippen molar-refractivity contribution in [3.8, 4) is 34.2 Å². The lowest BCUT2D eigenvalue weighted by molar-refractivity contribution is 0.766. The molecule has 13 rings (SSSR count). The first-order valence-corrected chi connectivity index (χ1v) is 22.0. The van der Waals surface area contributed by atoms with E-state index in [1.807, 2.05) is 18.2 Å². The molecule has 0 aliphatic heterocycles. The topological polar surface area (TPSA) is 48.5 Å². The minimum Gasteiger partial charge on any atom is -0.309 e. The van der Waals surface area contributed by atoms with Crippen LogP contribution in [-0.2, 0) is 0 Å². The molecule has 5 heteroatoms. The monoisotopic (exact) mass is 817 g/mol. The van der Waals surface area contributed by atoms with Crippen LogP contribution in [0, 0.1) is 0 Å². The molecule has 1 unspecified atom stereocenters. The number of allylic oxidation sites excluding steroid dienone is 4. The van der Waals surface area contributed by atoms with Crippen molar-refractivity contribution < 1.29 is 0 Å². The standard InChI is InChI=1S/C59H39N5/c1-3-15-42(16-4-1)57-60-58(62-59(61-57)44-29-34-50-49-21-11-12-22-51(49)63(54(50)37-44)45-17-5-2-6-18-45)43-25-23-38(24-26-43)39-27-32-46(33-28-39)64-52-35-30-40-13-7-9-19-47(40)55(52)56-48-20-10-8-14-41(48)31-36-53(56)64/h1-25,27-37,43H,26H2. The number of hydrogen-bond acceptors (Lipinski definition) is 3. The lowest BCUT2D eigenvalue weighted by atomic mass is 9.92. The van der Waals surface area contributed by atoms with Gasteiger partial charge in [0.15, 0.2) is 11.6 Å². The van der Waals surface area contributed by atoms with E-state index in [9.17, 15) is 0 Å². The van der Waals surface area contributed by atoms with E-state index in [0.29, 0.717) is 11.6 Å². The Bertz CT molecular complexity index is 3760. The molecule has 1 atom stereocenters. The van der Waals surface area contributed by atoms with Gasteiger partial charge in [-0.05, 0) is 87.6 Å². The highest BCUT2D eigenvalue weighted by molar-refractivity contribution is 6.28. The molecule has 64 heavy (non-hydrogen) atoms. The summed E-state index contributed by atoms with van der Waals surface area (Å²) in [6.45, 7) is 0. The first-order valence-electron chi connectivity index (χ1n) is 22.0. The molecule has 0 fully saturated rings. The highest BCUT2D eigenvalue weighted by atomic mass is 15.0. The Labute approximate surface area is 369 Å². The Morgan fingerprint density at radius 3 is 1.61 bits per heavy atom. The molecular formula is C59H39N5. The molecule has 0 saturated carbocycles. The predicted octanol–water partition coefficient (Wildman–Crippen LogP) is 14.8. The summed E-state index contributed by atoms with van der Waals surface area (Å²) in [6.07, 6.45) is 7.60. The predicted molar refractivity (Wildman–Crippen MR) is 265 cm³/mol. The molecule has 0 radical (unpaired) electrons. The number of hydrogen-bond donors (Lipinski definition) is 0. The highest BCUT2D eigenvalue weighted by Gasteiger charge is 2.22. The van der Waals surface area contributed by atoms with Gasteiger partial charge in [0.1, 0.15) is 5.82 Å². The first-order chi connectivity index (χ1) is 31.7. The molecule has 0 bridgehead atoms. The molecular weight excluding hydrogens is 779 g/mol. The van der Waals surface area contributed by atoms with Crippen LogP contribution in [0.25, 0.3) is 105 Å². The van der Waals surface area contributed by atoms with Crippen molar-refractivity contribution in [3.05, 3.63) is 230 Å². The smallest absolute Gasteiger partial charge is 0.163 e. The van der Waals surface area contributed by atoms with Gasteiger partial charge in [0, 0.05) is 50.0 Å². The summed E-state index contributed by atoms with van der Waals surface area (Å²) in [6, 6.07) is 71.6. The Kier molecular flexibility index (Phi) is 8.28. The van der Waals surface area contributed by atoms with Crippen LogP contribution in [0.15, 0.2) is 218 Å². The lowest BCUT2D eigenvalue weighted by Gasteiger charge is -2.17. The third-order valence-corrected chi connectivity index (χ3v) is 13.1. The van der Waals surface area contributed by atoms with Crippen molar-refractivity contribution in [3.63, 3.8) is 0 Å². The van der Waals surface area contributed by atoms with Crippen LogP contribution < -0.4 is 0 Å². The van der Waals surface area contributed by atoms with Gasteiger partial charge in [0.2, 0.25) is 0 Å². The number of benzene rings is 9. The molecule has 0 N–H and O–H groups in total. The van der Waals surface area contributed by atoms with E-state index in [0.717, 1.165) is 40.3 Å². The van der Waals surface area contributed by atoms with Crippen molar-refractivity contribution in [2.45, 2.75) is 12.3 Å². The zero-order valence-electron chi connectivity index (χ0n) is 34.8. The maximum atomic E-state index is 5.23. The molecule has 0 amide bonds. The fraction of sp³-hybridized carbons (Fsp3) is 0.0339. The second-order valence-corrected chi connectivity index (χ2v) is 16.7. The minimum atomic E-state index is -0.00557. The van der Waals surface area contributed by atoms with Gasteiger partial charge in [-0.3, -0.25) is 0 Å². The average molecular weight is 818 g/mol. The zero-order chi connectivity index (χ0) is 42.1. The molecule has 1 aliphatic carbocycles. The van der Waals surface area contributed by atoms with Crippen LogP contribution in [-0.4, -0.2) is 24.1 Å². The molecule has 5 nitrogen and oxygen atoms in total. The van der Waals surface area contributed by atoms with Crippen LogP contribution in [0.3, 0.4) is 0 Å². The maximum absolute atomic E-state index is 5.23. The molecule has 300 valence electrons. The average Bonchev–Trinajstić information content (AvgIpc) is 3.90. The van der Waals surface area contributed by atoms with Crippen LogP contribution in [0.2, 0.25) is 0 Å². The van der Waals surface area contributed by atoms with Crippen LogP contribution in [0.1, 0.15) is 23.7 Å². The van der Waals surface area contributed by atoms with Crippen molar-refractivity contribution in [1.82, 2.24) is 24.1 Å². The first kappa shape index (κ1) is 36.3. The van der Waals surface area contributed by atoms with Gasteiger partial charge in [-0.2, -0.15) is 0 Å². The Balaban J connectivity index is 0.861. The number of rotatable bonds is 6. The van der Waals surface area contributed by atoms with Crippen molar-refractivity contribution in [1.29, 1.82) is 0 Å². The molecule has 3 heterocycles. The normalized spacial score (nSPS) is 14.1. The summed E-state index contributed by atoms with van der Waals surface area (Å²) in [5, 5.41) is 10.1. The number of nitrogens with zero attached hydrogens (tertiary/aromatic N) is 5. The largest absolute Gasteiger partial charge is 0.309 e. The fourth-order valence-electron chi connectivity index (χ4n) is 10.0. The van der Waals surface area contributed by atoms with E-state index < -0.39 is 0 Å². The van der Waals surface area contributed by atoms with Gasteiger partial charge in [0.05, 0.1) is 22.1 Å². The highest BCUT2D eigenvalue weighted by Crippen LogP contribution is 2.41. The molecule has 0 spiro atoms. The van der Waals surface area contributed by atoms with E-state index in [1.165, 1.54) is 70.8 Å². The maximum Gasteiger partial charge on any atom is 0.163 e. The Hall–Kier alpha value is -8.41. The lowest BCUT2D eigenvalue weighted by Crippen LogP contribution is -2.08. The third-order valence-electron chi connectivity index (χ3n) is 13.1. The van der Waals surface area contributed by atoms with Crippen molar-refractivity contribution in [2.24, 2.45) is 0 Å². The van der Waals surface area contributed by atoms with Gasteiger partial charge in [-0.25, -0.2) is 15.0 Å². The van der Waals surface area contributed by atoms with E-state index in [2.05, 4.69) is 209 Å². The summed E-state index contributed by atoms with van der Waals surface area (Å²) in [7, 11) is 0. The van der Waals surface area contributed by atoms with E-state index >= 15 is 0 Å². The fourth-order valence-corrected chi connectivity index (χ4v) is 10.0. The number of aromatic nitrogens is 5. The quantitative estimate of drug-likeness (QED) is 0.168. The van der Waals surface area contributed by atoms with Gasteiger partial charge in [0.25, 0.3) is 0 Å². The Morgan fingerprint density at radius 2 is 0.938 bits per heavy atom. The zero-order valence-corrected chi connectivity index (χ0v) is 34.8. The number of fused-ring (bicyclic) bond motifs is 10. The van der Waals surface area contributed by atoms with Gasteiger partial charge in [-0.1, -0.05) is 170 Å². The second kappa shape index (κ2) is 14.6. The summed E-state index contributed by atoms with van der Waals surface area (Å²) < 4.78 is 4.76. The van der Waals surface area contributed by atoms with Crippen molar-refractivity contribution >= 4 is 70.7 Å². The second-order valence-electron chi connectivity index (χ2n) is 16.7.